The standard InChI is InChI=1S/C70H127NO10/c1-4-7-10-13-16-19-22-24-26-28-30-31-32-34-35-37-39-42-45-48-51-54-57-63(74)69(78)71-61(62(73)56-53-50-47-44-41-21-18-15-12-9-6-3)60-79-70-68(67(77)66(76)64(59-72)80-70)81-65(75)58-55-52-49-46-43-40-38-36-33-29-27-25-23-20-17-14-11-8-5-2/h16,19,24-27,30-31,53,56,61-64,66-68,70,72-74,76-77H,4-15,17-18,20-23,28-29,32-52,54-55,57-60H2,1-3H3,(H,71,78)/b19-16-,26-24-,27-25+,31-30-,56-53+. The van der Waals surface area contributed by atoms with Gasteiger partial charge in [-0.15, -0.1) is 0 Å². The van der Waals surface area contributed by atoms with Crippen molar-refractivity contribution in [1.29, 1.82) is 0 Å². The third-order valence-electron chi connectivity index (χ3n) is 15.9. The summed E-state index contributed by atoms with van der Waals surface area (Å²) in [5.41, 5.74) is 0. The molecule has 8 unspecified atom stereocenters. The van der Waals surface area contributed by atoms with Crippen LogP contribution in [-0.2, 0) is 23.8 Å². The second-order valence-corrected chi connectivity index (χ2v) is 23.6. The SMILES string of the molecule is CCCCC/C=C\C/C=C\C/C=C\CCCCCCCCCCCC(O)C(=O)NC(COC1OC(CO)C(O)C(O)C1OC(=O)CCCCCCCCCCC/C=C/CCCCCCCC)C(O)/C=C/CCCCCCCCCCC. The van der Waals surface area contributed by atoms with Crippen molar-refractivity contribution in [3.63, 3.8) is 0 Å². The minimum atomic E-state index is -1.62. The van der Waals surface area contributed by atoms with Crippen LogP contribution in [0.2, 0.25) is 0 Å². The van der Waals surface area contributed by atoms with E-state index < -0.39 is 67.4 Å². The van der Waals surface area contributed by atoms with E-state index in [0.29, 0.717) is 12.8 Å². The highest BCUT2D eigenvalue weighted by molar-refractivity contribution is 5.80. The lowest BCUT2D eigenvalue weighted by Crippen LogP contribution is -2.61. The van der Waals surface area contributed by atoms with Crippen LogP contribution in [0.15, 0.2) is 60.8 Å². The molecule has 1 aliphatic heterocycles. The number of hydrogen-bond donors (Lipinski definition) is 6. The molecule has 1 fully saturated rings. The summed E-state index contributed by atoms with van der Waals surface area (Å²) in [5, 5.41) is 57.1. The number of aliphatic hydroxyl groups is 5. The number of aliphatic hydroxyl groups excluding tert-OH is 5. The predicted molar refractivity (Wildman–Crippen MR) is 338 cm³/mol. The number of rotatable bonds is 58. The largest absolute Gasteiger partial charge is 0.454 e. The summed E-state index contributed by atoms with van der Waals surface area (Å²) >= 11 is 0. The number of ether oxygens (including phenoxy) is 3. The van der Waals surface area contributed by atoms with Gasteiger partial charge >= 0.3 is 5.97 Å². The molecule has 472 valence electrons. The second-order valence-electron chi connectivity index (χ2n) is 23.6. The first-order valence-corrected chi connectivity index (χ1v) is 34.1. The average molecular weight is 1140 g/mol. The van der Waals surface area contributed by atoms with E-state index in [1.54, 1.807) is 6.08 Å². The van der Waals surface area contributed by atoms with E-state index in [-0.39, 0.29) is 19.4 Å². The molecule has 0 saturated carbocycles. The first kappa shape index (κ1) is 76.4. The van der Waals surface area contributed by atoms with Crippen molar-refractivity contribution in [1.82, 2.24) is 5.32 Å². The number of allylic oxidation sites excluding steroid dienone is 9. The molecule has 1 saturated heterocycles. The van der Waals surface area contributed by atoms with Gasteiger partial charge in [0.2, 0.25) is 5.91 Å². The molecule has 11 nitrogen and oxygen atoms in total. The van der Waals surface area contributed by atoms with Crippen molar-refractivity contribution < 1.29 is 49.3 Å². The lowest BCUT2D eigenvalue weighted by atomic mass is 9.99. The first-order chi connectivity index (χ1) is 39.7. The van der Waals surface area contributed by atoms with Crippen molar-refractivity contribution in [2.24, 2.45) is 0 Å². The van der Waals surface area contributed by atoms with E-state index in [4.69, 9.17) is 14.2 Å². The highest BCUT2D eigenvalue weighted by atomic mass is 16.7. The molecular formula is C70H127NO10. The summed E-state index contributed by atoms with van der Waals surface area (Å²) in [7, 11) is 0. The molecule has 0 spiro atoms. The van der Waals surface area contributed by atoms with Crippen LogP contribution in [0, 0.1) is 0 Å². The summed E-state index contributed by atoms with van der Waals surface area (Å²) in [6.45, 7) is 5.78. The molecular weight excluding hydrogens is 1010 g/mol. The Morgan fingerprint density at radius 2 is 0.852 bits per heavy atom. The normalized spacial score (nSPS) is 19.0. The topological polar surface area (TPSA) is 175 Å². The first-order valence-electron chi connectivity index (χ1n) is 34.1. The quantitative estimate of drug-likeness (QED) is 0.0195. The maximum Gasteiger partial charge on any atom is 0.306 e. The Hall–Kier alpha value is -2.64. The molecule has 0 bridgehead atoms. The average Bonchev–Trinajstić information content (AvgIpc) is 3.52. The van der Waals surface area contributed by atoms with Gasteiger partial charge in [-0.05, 0) is 89.9 Å². The van der Waals surface area contributed by atoms with Gasteiger partial charge in [0, 0.05) is 6.42 Å². The molecule has 1 aliphatic rings. The van der Waals surface area contributed by atoms with Gasteiger partial charge in [0.05, 0.1) is 25.4 Å². The number of carbonyl (C=O) groups excluding carboxylic acids is 2. The van der Waals surface area contributed by atoms with Gasteiger partial charge in [-0.2, -0.15) is 0 Å². The summed E-state index contributed by atoms with van der Waals surface area (Å²) in [6, 6.07) is -1.03. The number of esters is 1. The van der Waals surface area contributed by atoms with E-state index >= 15 is 0 Å². The van der Waals surface area contributed by atoms with Gasteiger partial charge in [0.25, 0.3) is 0 Å². The smallest absolute Gasteiger partial charge is 0.306 e. The van der Waals surface area contributed by atoms with Gasteiger partial charge < -0.3 is 45.1 Å². The maximum absolute atomic E-state index is 13.5. The van der Waals surface area contributed by atoms with Gasteiger partial charge in [-0.1, -0.05) is 274 Å². The van der Waals surface area contributed by atoms with Crippen LogP contribution in [0.3, 0.4) is 0 Å². The Kier molecular flexibility index (Phi) is 54.5. The number of unbranched alkanes of at least 4 members (excludes halogenated alkanes) is 36. The monoisotopic (exact) mass is 1140 g/mol. The van der Waals surface area contributed by atoms with Gasteiger partial charge in [-0.3, -0.25) is 9.59 Å². The number of nitrogens with one attached hydrogen (secondary N) is 1. The molecule has 6 N–H and O–H groups in total. The van der Waals surface area contributed by atoms with E-state index in [9.17, 15) is 35.1 Å². The fourth-order valence-electron chi connectivity index (χ4n) is 10.5. The van der Waals surface area contributed by atoms with E-state index in [2.05, 4.69) is 74.7 Å². The summed E-state index contributed by atoms with van der Waals surface area (Å²) in [6.07, 6.45) is 62.5. The van der Waals surface area contributed by atoms with E-state index in [1.165, 1.54) is 186 Å². The van der Waals surface area contributed by atoms with Crippen molar-refractivity contribution >= 4 is 11.9 Å². The molecule has 1 amide bonds. The molecule has 1 heterocycles. The number of hydrogen-bond acceptors (Lipinski definition) is 10. The Labute approximate surface area is 497 Å². The summed E-state index contributed by atoms with van der Waals surface area (Å²) in [4.78, 5) is 26.6. The Morgan fingerprint density at radius 1 is 0.481 bits per heavy atom. The molecule has 81 heavy (non-hydrogen) atoms. The number of carbonyl (C=O) groups is 2. The van der Waals surface area contributed by atoms with Gasteiger partial charge in [-0.25, -0.2) is 0 Å². The molecule has 0 aromatic carbocycles. The lowest BCUT2D eigenvalue weighted by molar-refractivity contribution is -0.305. The molecule has 0 aromatic heterocycles. The van der Waals surface area contributed by atoms with Crippen molar-refractivity contribution in [3.05, 3.63) is 60.8 Å². The number of amides is 1. The zero-order valence-electron chi connectivity index (χ0n) is 52.4. The summed E-state index contributed by atoms with van der Waals surface area (Å²) < 4.78 is 17.7. The maximum atomic E-state index is 13.5. The van der Waals surface area contributed by atoms with Crippen molar-refractivity contribution in [2.45, 2.75) is 359 Å². The van der Waals surface area contributed by atoms with E-state index in [0.717, 1.165) is 77.0 Å². The van der Waals surface area contributed by atoms with Crippen LogP contribution >= 0.6 is 0 Å². The highest BCUT2D eigenvalue weighted by Crippen LogP contribution is 2.26. The zero-order valence-corrected chi connectivity index (χ0v) is 52.4. The predicted octanol–water partition coefficient (Wildman–Crippen LogP) is 17.0. The lowest BCUT2D eigenvalue weighted by Gasteiger charge is -2.41. The molecule has 1 rings (SSSR count). The molecule has 8 atom stereocenters. The zero-order chi connectivity index (χ0) is 58.9. The van der Waals surface area contributed by atoms with E-state index in [1.807, 2.05) is 6.08 Å². The third kappa shape index (κ3) is 45.4. The van der Waals surface area contributed by atoms with Crippen molar-refractivity contribution in [2.75, 3.05) is 13.2 Å². The van der Waals surface area contributed by atoms with Crippen LogP contribution in [0.5, 0.6) is 0 Å². The van der Waals surface area contributed by atoms with Crippen LogP contribution in [0.1, 0.15) is 310 Å². The van der Waals surface area contributed by atoms with Crippen LogP contribution in [-0.4, -0.2) is 99.6 Å². The van der Waals surface area contributed by atoms with Crippen LogP contribution in [0.25, 0.3) is 0 Å². The van der Waals surface area contributed by atoms with Gasteiger partial charge in [0.15, 0.2) is 12.4 Å². The van der Waals surface area contributed by atoms with Crippen LogP contribution < -0.4 is 5.32 Å². The van der Waals surface area contributed by atoms with Crippen molar-refractivity contribution in [3.8, 4) is 0 Å². The Bertz CT molecular complexity index is 1550. The molecule has 0 aliphatic carbocycles. The molecule has 11 heteroatoms. The Morgan fingerprint density at radius 3 is 1.31 bits per heavy atom. The fourth-order valence-corrected chi connectivity index (χ4v) is 10.5. The minimum Gasteiger partial charge on any atom is -0.454 e. The van der Waals surface area contributed by atoms with Gasteiger partial charge in [0.1, 0.15) is 24.4 Å². The summed E-state index contributed by atoms with van der Waals surface area (Å²) in [5.74, 6) is -1.19. The second kappa shape index (κ2) is 57.8. The molecule has 0 aromatic rings. The molecule has 0 radical (unpaired) electrons. The van der Waals surface area contributed by atoms with Crippen LogP contribution in [0.4, 0.5) is 0 Å². The Balaban J connectivity index is 2.60. The third-order valence-corrected chi connectivity index (χ3v) is 15.9. The minimum absolute atomic E-state index is 0.121. The highest BCUT2D eigenvalue weighted by Gasteiger charge is 2.47. The fraction of sp³-hybridized carbons (Fsp3) is 0.829.